The molecule has 0 aliphatic carbocycles. The molecule has 6 heteroatoms. The van der Waals surface area contributed by atoms with E-state index in [-0.39, 0.29) is 5.91 Å². The molecule has 3 N–H and O–H groups in total. The number of carbonyl (C=O) groups excluding carboxylic acids is 1. The molecular weight excluding hydrogens is 326 g/mol. The van der Waals surface area contributed by atoms with Crippen LogP contribution in [0.4, 0.5) is 11.4 Å². The zero-order valence-electron chi connectivity index (χ0n) is 14.5. The first-order valence-corrected chi connectivity index (χ1v) is 9.07. The number of benzene rings is 2. The summed E-state index contributed by atoms with van der Waals surface area (Å²) >= 11 is 0. The van der Waals surface area contributed by atoms with Crippen molar-refractivity contribution in [2.45, 2.75) is 24.9 Å². The van der Waals surface area contributed by atoms with Crippen LogP contribution in [0.2, 0.25) is 0 Å². The number of hydrogen-bond acceptors (Lipinski definition) is 4. The molecule has 132 valence electrons. The molecule has 0 atom stereocenters. The Morgan fingerprint density at radius 3 is 2.54 bits per heavy atom. The van der Waals surface area contributed by atoms with Gasteiger partial charge in [-0.3, -0.25) is 9.69 Å². The summed E-state index contributed by atoms with van der Waals surface area (Å²) in [6.07, 6.45) is 1.57. The second kappa shape index (κ2) is 5.85. The van der Waals surface area contributed by atoms with Crippen molar-refractivity contribution < 1.29 is 4.79 Å². The molecule has 2 aliphatic rings. The van der Waals surface area contributed by atoms with Crippen LogP contribution in [0.5, 0.6) is 0 Å². The maximum absolute atomic E-state index is 12.7. The summed E-state index contributed by atoms with van der Waals surface area (Å²) < 4.78 is 0. The number of aromatic nitrogens is 2. The van der Waals surface area contributed by atoms with E-state index in [4.69, 9.17) is 0 Å². The number of aromatic amines is 1. The predicted molar refractivity (Wildman–Crippen MR) is 102 cm³/mol. The van der Waals surface area contributed by atoms with Gasteiger partial charge in [-0.25, -0.2) is 4.98 Å². The second-order valence-electron chi connectivity index (χ2n) is 7.18. The Balaban J connectivity index is 1.29. The fraction of sp³-hybridized carbons (Fsp3) is 0.300. The Morgan fingerprint density at radius 2 is 1.73 bits per heavy atom. The van der Waals surface area contributed by atoms with E-state index in [1.54, 1.807) is 0 Å². The molecule has 3 aromatic rings. The number of para-hydroxylation sites is 4. The number of imidazole rings is 1. The first-order chi connectivity index (χ1) is 12.7. The topological polar surface area (TPSA) is 73.1 Å². The van der Waals surface area contributed by atoms with E-state index in [9.17, 15) is 4.79 Å². The summed E-state index contributed by atoms with van der Waals surface area (Å²) in [6.45, 7) is 2.50. The molecule has 26 heavy (non-hydrogen) atoms. The molecule has 1 saturated heterocycles. The minimum absolute atomic E-state index is 0.0830. The molecule has 0 radical (unpaired) electrons. The molecule has 6 nitrogen and oxygen atoms in total. The number of rotatable bonds is 2. The van der Waals surface area contributed by atoms with Crippen molar-refractivity contribution in [2.75, 3.05) is 23.7 Å². The van der Waals surface area contributed by atoms with Crippen LogP contribution in [0.15, 0.2) is 48.5 Å². The first kappa shape index (κ1) is 15.4. The second-order valence-corrected chi connectivity index (χ2v) is 7.18. The third kappa shape index (κ3) is 2.54. The molecule has 3 heterocycles. The summed E-state index contributed by atoms with van der Waals surface area (Å²) in [5, 5.41) is 6.57. The van der Waals surface area contributed by atoms with E-state index in [1.807, 2.05) is 48.5 Å². The van der Waals surface area contributed by atoms with Crippen molar-refractivity contribution in [1.82, 2.24) is 14.9 Å². The molecule has 5 rings (SSSR count). The van der Waals surface area contributed by atoms with Crippen LogP contribution in [0.3, 0.4) is 0 Å². The quantitative estimate of drug-likeness (QED) is 0.666. The first-order valence-electron chi connectivity index (χ1n) is 9.07. The van der Waals surface area contributed by atoms with Gasteiger partial charge in [0.1, 0.15) is 11.4 Å². The fourth-order valence-electron chi connectivity index (χ4n) is 3.99. The number of amides is 1. The Labute approximate surface area is 151 Å². The largest absolute Gasteiger partial charge is 0.369 e. The molecule has 1 aromatic heterocycles. The highest BCUT2D eigenvalue weighted by Crippen LogP contribution is 2.36. The zero-order valence-corrected chi connectivity index (χ0v) is 14.5. The molecule has 2 aliphatic heterocycles. The Bertz CT molecular complexity index is 938. The van der Waals surface area contributed by atoms with Gasteiger partial charge in [0.2, 0.25) is 5.91 Å². The van der Waals surface area contributed by atoms with Crippen LogP contribution < -0.4 is 10.6 Å². The number of nitrogens with one attached hydrogen (secondary N) is 3. The maximum atomic E-state index is 12.7. The Hall–Kier alpha value is -2.86. The van der Waals surface area contributed by atoms with Crippen molar-refractivity contribution in [3.05, 3.63) is 54.4 Å². The van der Waals surface area contributed by atoms with Crippen LogP contribution in [-0.4, -0.2) is 39.4 Å². The lowest BCUT2D eigenvalue weighted by atomic mass is 9.84. The van der Waals surface area contributed by atoms with E-state index in [0.717, 1.165) is 60.7 Å². The minimum atomic E-state index is -0.501. The minimum Gasteiger partial charge on any atom is -0.369 e. The Morgan fingerprint density at radius 1 is 1.00 bits per heavy atom. The fourth-order valence-corrected chi connectivity index (χ4v) is 3.99. The number of nitrogens with zero attached hydrogens (tertiary/aromatic N) is 2. The number of fused-ring (bicyclic) bond motifs is 2. The highest BCUT2D eigenvalue weighted by Gasteiger charge is 2.44. The SMILES string of the molecule is O=C1Nc2ccccc2NC12CCN(Cc1nc3ccccc3[nH]1)CC2. The highest BCUT2D eigenvalue weighted by atomic mass is 16.2. The van der Waals surface area contributed by atoms with Crippen LogP contribution in [0.1, 0.15) is 18.7 Å². The molecule has 0 saturated carbocycles. The number of H-pyrrole nitrogens is 1. The van der Waals surface area contributed by atoms with Gasteiger partial charge in [0.25, 0.3) is 0 Å². The van der Waals surface area contributed by atoms with Crippen molar-refractivity contribution in [3.8, 4) is 0 Å². The molecular formula is C20H21N5O. The van der Waals surface area contributed by atoms with E-state index in [2.05, 4.69) is 25.5 Å². The average molecular weight is 347 g/mol. The third-order valence-electron chi connectivity index (χ3n) is 5.51. The summed E-state index contributed by atoms with van der Waals surface area (Å²) in [6, 6.07) is 16.0. The number of likely N-dealkylation sites (tertiary alicyclic amines) is 1. The van der Waals surface area contributed by atoms with Gasteiger partial charge in [-0.2, -0.15) is 0 Å². The van der Waals surface area contributed by atoms with Crippen molar-refractivity contribution >= 4 is 28.3 Å². The number of anilines is 2. The van der Waals surface area contributed by atoms with Crippen LogP contribution in [0, 0.1) is 0 Å². The summed E-state index contributed by atoms with van der Waals surface area (Å²) in [4.78, 5) is 23.1. The Kier molecular flexibility index (Phi) is 3.46. The van der Waals surface area contributed by atoms with E-state index in [0.29, 0.717) is 0 Å². The van der Waals surface area contributed by atoms with Crippen LogP contribution in [-0.2, 0) is 11.3 Å². The lowest BCUT2D eigenvalue weighted by Crippen LogP contribution is -2.58. The molecule has 0 bridgehead atoms. The van der Waals surface area contributed by atoms with Gasteiger partial charge >= 0.3 is 0 Å². The van der Waals surface area contributed by atoms with Gasteiger partial charge in [-0.1, -0.05) is 24.3 Å². The van der Waals surface area contributed by atoms with Crippen molar-refractivity contribution in [3.63, 3.8) is 0 Å². The molecule has 0 unspecified atom stereocenters. The number of piperidine rings is 1. The molecule has 1 amide bonds. The molecule has 1 fully saturated rings. The zero-order chi connectivity index (χ0) is 17.6. The lowest BCUT2D eigenvalue weighted by Gasteiger charge is -2.44. The van der Waals surface area contributed by atoms with E-state index in [1.165, 1.54) is 0 Å². The van der Waals surface area contributed by atoms with Gasteiger partial charge in [0, 0.05) is 13.1 Å². The van der Waals surface area contributed by atoms with Crippen molar-refractivity contribution in [2.24, 2.45) is 0 Å². The normalized spacial score (nSPS) is 19.2. The third-order valence-corrected chi connectivity index (χ3v) is 5.51. The van der Waals surface area contributed by atoms with Gasteiger partial charge in [0.15, 0.2) is 0 Å². The number of hydrogen-bond donors (Lipinski definition) is 3. The lowest BCUT2D eigenvalue weighted by molar-refractivity contribution is -0.122. The van der Waals surface area contributed by atoms with Gasteiger partial charge in [-0.15, -0.1) is 0 Å². The smallest absolute Gasteiger partial charge is 0.250 e. The predicted octanol–water partition coefficient (Wildman–Crippen LogP) is 2.96. The maximum Gasteiger partial charge on any atom is 0.250 e. The standard InChI is InChI=1S/C20H21N5O/c26-19-20(24-17-8-4-3-7-16(17)23-19)9-11-25(12-10-20)13-18-21-14-5-1-2-6-15(14)22-18/h1-8,24H,9-13H2,(H,21,22)(H,23,26). The summed E-state index contributed by atoms with van der Waals surface area (Å²) in [5.74, 6) is 1.06. The van der Waals surface area contributed by atoms with Crippen molar-refractivity contribution in [1.29, 1.82) is 0 Å². The van der Waals surface area contributed by atoms with E-state index >= 15 is 0 Å². The van der Waals surface area contributed by atoms with Crippen LogP contribution >= 0.6 is 0 Å². The van der Waals surface area contributed by atoms with Crippen LogP contribution in [0.25, 0.3) is 11.0 Å². The highest BCUT2D eigenvalue weighted by molar-refractivity contribution is 6.06. The molecule has 2 aromatic carbocycles. The number of carbonyl (C=O) groups is 1. The van der Waals surface area contributed by atoms with E-state index < -0.39 is 5.54 Å². The van der Waals surface area contributed by atoms with Gasteiger partial charge in [0.05, 0.1) is 29.0 Å². The summed E-state index contributed by atoms with van der Waals surface area (Å²) in [5.41, 5.74) is 3.45. The molecule has 1 spiro atoms. The monoisotopic (exact) mass is 347 g/mol. The summed E-state index contributed by atoms with van der Waals surface area (Å²) in [7, 11) is 0. The average Bonchev–Trinajstić information content (AvgIpc) is 3.07. The van der Waals surface area contributed by atoms with Gasteiger partial charge < -0.3 is 15.6 Å². The van der Waals surface area contributed by atoms with Gasteiger partial charge in [-0.05, 0) is 37.1 Å².